The monoisotopic (exact) mass is 241 g/mol. The Hall–Kier alpha value is -0.810. The molecule has 0 aromatic heterocycles. The van der Waals surface area contributed by atoms with Gasteiger partial charge in [-0.3, -0.25) is 4.90 Å². The molecule has 1 atom stereocenters. The van der Waals surface area contributed by atoms with Crippen LogP contribution < -0.4 is 5.32 Å². The number of nitrogens with zero attached hydrogens (tertiary/aromatic N) is 2. The van der Waals surface area contributed by atoms with Gasteiger partial charge in [0.05, 0.1) is 7.11 Å². The van der Waals surface area contributed by atoms with Gasteiger partial charge < -0.3 is 15.0 Å². The van der Waals surface area contributed by atoms with E-state index >= 15 is 0 Å². The second kappa shape index (κ2) is 4.82. The number of rotatable bonds is 1. The summed E-state index contributed by atoms with van der Waals surface area (Å²) in [5, 5.41) is 3.54. The first-order valence-electron chi connectivity index (χ1n) is 6.36. The zero-order valence-corrected chi connectivity index (χ0v) is 11.0. The van der Waals surface area contributed by atoms with Gasteiger partial charge in [0.2, 0.25) is 0 Å². The van der Waals surface area contributed by atoms with Gasteiger partial charge in [0.1, 0.15) is 0 Å². The van der Waals surface area contributed by atoms with Crippen LogP contribution in [0.3, 0.4) is 0 Å². The van der Waals surface area contributed by atoms with E-state index in [-0.39, 0.29) is 11.6 Å². The summed E-state index contributed by atoms with van der Waals surface area (Å²) in [5.74, 6) is 0. The summed E-state index contributed by atoms with van der Waals surface area (Å²) < 4.78 is 4.75. The van der Waals surface area contributed by atoms with Crippen LogP contribution in [-0.2, 0) is 4.74 Å². The van der Waals surface area contributed by atoms with Crippen LogP contribution in [-0.4, -0.2) is 67.3 Å². The van der Waals surface area contributed by atoms with Crippen molar-refractivity contribution >= 4 is 6.09 Å². The number of hydrogen-bond acceptors (Lipinski definition) is 4. The molecule has 2 rings (SSSR count). The van der Waals surface area contributed by atoms with E-state index in [1.165, 1.54) is 13.5 Å². The number of carbonyl (C=O) groups excluding carboxylic acids is 1. The summed E-state index contributed by atoms with van der Waals surface area (Å²) >= 11 is 0. The summed E-state index contributed by atoms with van der Waals surface area (Å²) in [6, 6.07) is 0.585. The molecular weight excluding hydrogens is 218 g/mol. The molecule has 2 heterocycles. The fourth-order valence-corrected chi connectivity index (χ4v) is 2.99. The Kier molecular flexibility index (Phi) is 3.58. The van der Waals surface area contributed by atoms with Crippen molar-refractivity contribution in [3.05, 3.63) is 0 Å². The van der Waals surface area contributed by atoms with E-state index in [2.05, 4.69) is 24.1 Å². The number of hydrogen-bond donors (Lipinski definition) is 1. The number of carbonyl (C=O) groups is 1. The van der Waals surface area contributed by atoms with Crippen LogP contribution in [0.25, 0.3) is 0 Å². The van der Waals surface area contributed by atoms with Gasteiger partial charge in [-0.1, -0.05) is 0 Å². The molecule has 0 aromatic carbocycles. The van der Waals surface area contributed by atoms with E-state index in [1.807, 2.05) is 0 Å². The maximum atomic E-state index is 11.4. The summed E-state index contributed by atoms with van der Waals surface area (Å²) in [6.07, 6.45) is 0.999. The van der Waals surface area contributed by atoms with E-state index in [0.29, 0.717) is 6.04 Å². The molecule has 0 spiro atoms. The van der Waals surface area contributed by atoms with Crippen LogP contribution in [0, 0.1) is 0 Å². The van der Waals surface area contributed by atoms with Crippen molar-refractivity contribution in [2.45, 2.75) is 31.8 Å². The zero-order chi connectivity index (χ0) is 12.5. The minimum atomic E-state index is -0.201. The quantitative estimate of drug-likeness (QED) is 0.726. The molecule has 0 bridgehead atoms. The van der Waals surface area contributed by atoms with Crippen molar-refractivity contribution < 1.29 is 9.53 Å². The minimum Gasteiger partial charge on any atom is -0.453 e. The first kappa shape index (κ1) is 12.6. The highest BCUT2D eigenvalue weighted by Crippen LogP contribution is 2.25. The lowest BCUT2D eigenvalue weighted by atomic mass is 9.95. The molecule has 2 fully saturated rings. The maximum Gasteiger partial charge on any atom is 0.409 e. The SMILES string of the molecule is COC(=O)N1CCN(C2CCNC2(C)C)CC1. The van der Waals surface area contributed by atoms with E-state index in [0.717, 1.165) is 32.7 Å². The fraction of sp³-hybridized carbons (Fsp3) is 0.917. The van der Waals surface area contributed by atoms with Crippen molar-refractivity contribution in [2.24, 2.45) is 0 Å². The Morgan fingerprint density at radius 1 is 1.29 bits per heavy atom. The van der Waals surface area contributed by atoms with Crippen LogP contribution in [0.5, 0.6) is 0 Å². The normalized spacial score (nSPS) is 29.4. The third-order valence-corrected chi connectivity index (χ3v) is 4.02. The van der Waals surface area contributed by atoms with Gasteiger partial charge in [0.25, 0.3) is 0 Å². The van der Waals surface area contributed by atoms with Gasteiger partial charge in [0.15, 0.2) is 0 Å². The molecule has 17 heavy (non-hydrogen) atoms. The average molecular weight is 241 g/mol. The highest BCUT2D eigenvalue weighted by Gasteiger charge is 2.39. The number of nitrogens with one attached hydrogen (secondary N) is 1. The van der Waals surface area contributed by atoms with Gasteiger partial charge in [-0.25, -0.2) is 4.79 Å². The third kappa shape index (κ3) is 2.55. The number of piperazine rings is 1. The Morgan fingerprint density at radius 2 is 1.94 bits per heavy atom. The molecule has 98 valence electrons. The molecule has 2 aliphatic rings. The van der Waals surface area contributed by atoms with E-state index in [9.17, 15) is 4.79 Å². The molecule has 5 nitrogen and oxygen atoms in total. The molecule has 1 N–H and O–H groups in total. The van der Waals surface area contributed by atoms with Crippen molar-refractivity contribution in [3.8, 4) is 0 Å². The van der Waals surface area contributed by atoms with E-state index < -0.39 is 0 Å². The second-order valence-corrected chi connectivity index (χ2v) is 5.45. The first-order chi connectivity index (χ1) is 8.04. The molecule has 0 radical (unpaired) electrons. The van der Waals surface area contributed by atoms with Crippen molar-refractivity contribution in [3.63, 3.8) is 0 Å². The molecule has 5 heteroatoms. The standard InChI is InChI=1S/C12H23N3O2/c1-12(2)10(4-5-13-12)14-6-8-15(9-7-14)11(16)17-3/h10,13H,4-9H2,1-3H3. The van der Waals surface area contributed by atoms with Crippen LogP contribution >= 0.6 is 0 Å². The summed E-state index contributed by atoms with van der Waals surface area (Å²) in [6.45, 7) is 9.07. The Labute approximate surface area is 103 Å². The molecule has 1 amide bonds. The summed E-state index contributed by atoms with van der Waals surface area (Å²) in [7, 11) is 1.44. The van der Waals surface area contributed by atoms with Crippen LogP contribution in [0.15, 0.2) is 0 Å². The zero-order valence-electron chi connectivity index (χ0n) is 11.0. The van der Waals surface area contributed by atoms with Crippen molar-refractivity contribution in [2.75, 3.05) is 39.8 Å². The minimum absolute atomic E-state index is 0.188. The first-order valence-corrected chi connectivity index (χ1v) is 6.36. The Balaban J connectivity index is 1.89. The van der Waals surface area contributed by atoms with Crippen molar-refractivity contribution in [1.29, 1.82) is 0 Å². The third-order valence-electron chi connectivity index (χ3n) is 4.02. The maximum absolute atomic E-state index is 11.4. The lowest BCUT2D eigenvalue weighted by Crippen LogP contribution is -2.57. The summed E-state index contributed by atoms with van der Waals surface area (Å²) in [4.78, 5) is 15.7. The lowest BCUT2D eigenvalue weighted by molar-refractivity contribution is 0.0620. The molecule has 0 aliphatic carbocycles. The Bertz CT molecular complexity index is 285. The molecule has 1 unspecified atom stereocenters. The smallest absolute Gasteiger partial charge is 0.409 e. The molecular formula is C12H23N3O2. The predicted molar refractivity (Wildman–Crippen MR) is 66.0 cm³/mol. The molecule has 0 aromatic rings. The van der Waals surface area contributed by atoms with Gasteiger partial charge in [-0.05, 0) is 26.8 Å². The van der Waals surface area contributed by atoms with Crippen LogP contribution in [0.4, 0.5) is 4.79 Å². The van der Waals surface area contributed by atoms with Crippen LogP contribution in [0.1, 0.15) is 20.3 Å². The van der Waals surface area contributed by atoms with Gasteiger partial charge in [0, 0.05) is 37.8 Å². The van der Waals surface area contributed by atoms with Gasteiger partial charge in [-0.15, -0.1) is 0 Å². The average Bonchev–Trinajstić information content (AvgIpc) is 2.68. The largest absolute Gasteiger partial charge is 0.453 e. The van der Waals surface area contributed by atoms with Crippen LogP contribution in [0.2, 0.25) is 0 Å². The van der Waals surface area contributed by atoms with Gasteiger partial charge in [-0.2, -0.15) is 0 Å². The topological polar surface area (TPSA) is 44.8 Å². The molecule has 0 saturated carbocycles. The van der Waals surface area contributed by atoms with E-state index in [1.54, 1.807) is 4.90 Å². The highest BCUT2D eigenvalue weighted by molar-refractivity contribution is 5.67. The van der Waals surface area contributed by atoms with Crippen molar-refractivity contribution in [1.82, 2.24) is 15.1 Å². The van der Waals surface area contributed by atoms with E-state index in [4.69, 9.17) is 4.74 Å². The fourth-order valence-electron chi connectivity index (χ4n) is 2.99. The predicted octanol–water partition coefficient (Wildman–Crippen LogP) is 0.511. The molecule has 2 saturated heterocycles. The highest BCUT2D eigenvalue weighted by atomic mass is 16.5. The number of methoxy groups -OCH3 is 1. The lowest BCUT2D eigenvalue weighted by Gasteiger charge is -2.42. The summed E-state index contributed by atoms with van der Waals surface area (Å²) in [5.41, 5.74) is 0.188. The molecule has 2 aliphatic heterocycles. The second-order valence-electron chi connectivity index (χ2n) is 5.45. The number of amides is 1. The van der Waals surface area contributed by atoms with Gasteiger partial charge >= 0.3 is 6.09 Å². The number of ether oxygens (including phenoxy) is 1. The Morgan fingerprint density at radius 3 is 2.41 bits per heavy atom.